The molecule has 1 aromatic heterocycles. The van der Waals surface area contributed by atoms with E-state index in [-0.39, 0.29) is 6.10 Å². The van der Waals surface area contributed by atoms with Gasteiger partial charge in [0.1, 0.15) is 5.58 Å². The van der Waals surface area contributed by atoms with Crippen molar-refractivity contribution in [2.45, 2.75) is 25.4 Å². The fraction of sp³-hybridized carbons (Fsp3) is 0.385. The van der Waals surface area contributed by atoms with Crippen LogP contribution in [0.5, 0.6) is 0 Å². The first-order chi connectivity index (χ1) is 7.34. The summed E-state index contributed by atoms with van der Waals surface area (Å²) in [5.41, 5.74) is 1.81. The summed E-state index contributed by atoms with van der Waals surface area (Å²) < 4.78 is 5.41. The van der Waals surface area contributed by atoms with Gasteiger partial charge < -0.3 is 9.52 Å². The molecule has 3 rings (SSSR count). The lowest BCUT2D eigenvalue weighted by Gasteiger charge is -2.07. The first-order valence-corrected chi connectivity index (χ1v) is 5.49. The normalized spacial score (nSPS) is 18.2. The third-order valence-electron chi connectivity index (χ3n) is 3.12. The number of para-hydroxylation sites is 1. The van der Waals surface area contributed by atoms with E-state index in [0.29, 0.717) is 0 Å². The zero-order valence-corrected chi connectivity index (χ0v) is 8.52. The minimum absolute atomic E-state index is 0.360. The van der Waals surface area contributed by atoms with Crippen LogP contribution >= 0.6 is 0 Å². The Morgan fingerprint density at radius 3 is 2.93 bits per heavy atom. The molecule has 2 nitrogen and oxygen atoms in total. The Bertz CT molecular complexity index is 468. The molecule has 1 fully saturated rings. The van der Waals surface area contributed by atoms with Crippen molar-refractivity contribution in [2.75, 3.05) is 0 Å². The molecule has 0 radical (unpaired) electrons. The number of furan rings is 1. The number of aliphatic hydroxyl groups excluding tert-OH is 1. The molecule has 0 bridgehead atoms. The number of rotatable bonds is 3. The van der Waals surface area contributed by atoms with Gasteiger partial charge in [-0.2, -0.15) is 0 Å². The molecule has 1 atom stereocenters. The molecule has 15 heavy (non-hydrogen) atoms. The highest BCUT2D eigenvalue weighted by molar-refractivity contribution is 5.81. The molecule has 1 N–H and O–H groups in total. The minimum Gasteiger partial charge on any atom is -0.464 e. The standard InChI is InChI=1S/C13H14O2/c14-12(7-9-5-6-9)11-8-15-13-4-2-1-3-10(11)13/h1-4,8-9,12,14H,5-7H2. The Balaban J connectivity index is 1.95. The van der Waals surface area contributed by atoms with Crippen molar-refractivity contribution in [2.24, 2.45) is 5.92 Å². The lowest BCUT2D eigenvalue weighted by atomic mass is 10.0. The van der Waals surface area contributed by atoms with Gasteiger partial charge in [0, 0.05) is 10.9 Å². The molecule has 1 aliphatic carbocycles. The highest BCUT2D eigenvalue weighted by Crippen LogP contribution is 2.39. The van der Waals surface area contributed by atoms with Gasteiger partial charge in [-0.05, 0) is 18.4 Å². The van der Waals surface area contributed by atoms with E-state index < -0.39 is 0 Å². The first kappa shape index (κ1) is 8.98. The number of hydrogen-bond donors (Lipinski definition) is 1. The van der Waals surface area contributed by atoms with E-state index in [1.165, 1.54) is 12.8 Å². The maximum atomic E-state index is 10.1. The molecule has 1 unspecified atom stereocenters. The van der Waals surface area contributed by atoms with Gasteiger partial charge >= 0.3 is 0 Å². The summed E-state index contributed by atoms with van der Waals surface area (Å²) in [5, 5.41) is 11.1. The lowest BCUT2D eigenvalue weighted by Crippen LogP contribution is -1.96. The van der Waals surface area contributed by atoms with E-state index in [4.69, 9.17) is 4.42 Å². The maximum Gasteiger partial charge on any atom is 0.134 e. The Kier molecular flexibility index (Phi) is 2.03. The largest absolute Gasteiger partial charge is 0.464 e. The molecular formula is C13H14O2. The predicted molar refractivity (Wildman–Crippen MR) is 58.5 cm³/mol. The van der Waals surface area contributed by atoms with Gasteiger partial charge in [-0.25, -0.2) is 0 Å². The van der Waals surface area contributed by atoms with Crippen LogP contribution in [-0.2, 0) is 0 Å². The van der Waals surface area contributed by atoms with Gasteiger partial charge in [0.05, 0.1) is 12.4 Å². The molecule has 0 spiro atoms. The summed E-state index contributed by atoms with van der Waals surface area (Å²) in [4.78, 5) is 0. The van der Waals surface area contributed by atoms with Crippen LogP contribution in [0, 0.1) is 5.92 Å². The summed E-state index contributed by atoms with van der Waals surface area (Å²) in [6.45, 7) is 0. The fourth-order valence-corrected chi connectivity index (χ4v) is 2.05. The van der Waals surface area contributed by atoms with Crippen LogP contribution in [0.25, 0.3) is 11.0 Å². The van der Waals surface area contributed by atoms with Gasteiger partial charge in [-0.1, -0.05) is 31.0 Å². The van der Waals surface area contributed by atoms with Crippen molar-refractivity contribution in [3.8, 4) is 0 Å². The smallest absolute Gasteiger partial charge is 0.134 e. The van der Waals surface area contributed by atoms with Crippen molar-refractivity contribution in [1.82, 2.24) is 0 Å². The van der Waals surface area contributed by atoms with Crippen LogP contribution in [0.1, 0.15) is 30.9 Å². The molecule has 2 aromatic rings. The van der Waals surface area contributed by atoms with Crippen molar-refractivity contribution < 1.29 is 9.52 Å². The maximum absolute atomic E-state index is 10.1. The van der Waals surface area contributed by atoms with Crippen molar-refractivity contribution in [3.05, 3.63) is 36.1 Å². The molecule has 0 amide bonds. The second-order valence-corrected chi connectivity index (χ2v) is 4.38. The average Bonchev–Trinajstić information content (AvgIpc) is 2.96. The van der Waals surface area contributed by atoms with Crippen molar-refractivity contribution in [3.63, 3.8) is 0 Å². The van der Waals surface area contributed by atoms with Crippen LogP contribution in [0.15, 0.2) is 34.9 Å². The third kappa shape index (κ3) is 1.65. The summed E-state index contributed by atoms with van der Waals surface area (Å²) in [5.74, 6) is 0.730. The Morgan fingerprint density at radius 1 is 1.33 bits per heavy atom. The van der Waals surface area contributed by atoms with E-state index in [0.717, 1.165) is 28.9 Å². The molecule has 1 saturated carbocycles. The molecule has 0 saturated heterocycles. The zero-order chi connectivity index (χ0) is 10.3. The summed E-state index contributed by atoms with van der Waals surface area (Å²) in [7, 11) is 0. The number of aliphatic hydroxyl groups is 1. The van der Waals surface area contributed by atoms with Gasteiger partial charge in [0.2, 0.25) is 0 Å². The van der Waals surface area contributed by atoms with Gasteiger partial charge in [-0.15, -0.1) is 0 Å². The number of benzene rings is 1. The highest BCUT2D eigenvalue weighted by atomic mass is 16.3. The fourth-order valence-electron chi connectivity index (χ4n) is 2.05. The van der Waals surface area contributed by atoms with E-state index in [1.54, 1.807) is 6.26 Å². The number of hydrogen-bond acceptors (Lipinski definition) is 2. The van der Waals surface area contributed by atoms with Gasteiger partial charge in [-0.3, -0.25) is 0 Å². The van der Waals surface area contributed by atoms with E-state index >= 15 is 0 Å². The lowest BCUT2D eigenvalue weighted by molar-refractivity contribution is 0.161. The molecule has 1 aliphatic rings. The second kappa shape index (κ2) is 3.38. The van der Waals surface area contributed by atoms with Crippen LogP contribution in [-0.4, -0.2) is 5.11 Å². The van der Waals surface area contributed by atoms with E-state index in [1.807, 2.05) is 24.3 Å². The molecule has 0 aliphatic heterocycles. The van der Waals surface area contributed by atoms with Crippen molar-refractivity contribution >= 4 is 11.0 Å². The van der Waals surface area contributed by atoms with Crippen LogP contribution < -0.4 is 0 Å². The Hall–Kier alpha value is -1.28. The minimum atomic E-state index is -0.360. The molecule has 2 heteroatoms. The average molecular weight is 202 g/mol. The molecule has 1 aromatic carbocycles. The zero-order valence-electron chi connectivity index (χ0n) is 8.52. The highest BCUT2D eigenvalue weighted by Gasteiger charge is 2.26. The quantitative estimate of drug-likeness (QED) is 0.828. The summed E-state index contributed by atoms with van der Waals surface area (Å²) in [6.07, 6.45) is 4.75. The van der Waals surface area contributed by atoms with Crippen LogP contribution in [0.3, 0.4) is 0 Å². The van der Waals surface area contributed by atoms with Gasteiger partial charge in [0.15, 0.2) is 0 Å². The Morgan fingerprint density at radius 2 is 2.13 bits per heavy atom. The summed E-state index contributed by atoms with van der Waals surface area (Å²) >= 11 is 0. The van der Waals surface area contributed by atoms with E-state index in [9.17, 15) is 5.11 Å². The Labute approximate surface area is 88.5 Å². The van der Waals surface area contributed by atoms with Crippen molar-refractivity contribution in [1.29, 1.82) is 0 Å². The van der Waals surface area contributed by atoms with E-state index in [2.05, 4.69) is 0 Å². The SMILES string of the molecule is OC(CC1CC1)c1coc2ccccc12. The van der Waals surface area contributed by atoms with Crippen LogP contribution in [0.4, 0.5) is 0 Å². The number of fused-ring (bicyclic) bond motifs is 1. The molecule has 78 valence electrons. The summed E-state index contributed by atoms with van der Waals surface area (Å²) in [6, 6.07) is 7.86. The third-order valence-corrected chi connectivity index (χ3v) is 3.12. The second-order valence-electron chi connectivity index (χ2n) is 4.38. The van der Waals surface area contributed by atoms with Gasteiger partial charge in [0.25, 0.3) is 0 Å². The predicted octanol–water partition coefficient (Wildman–Crippen LogP) is 3.27. The topological polar surface area (TPSA) is 33.4 Å². The monoisotopic (exact) mass is 202 g/mol. The first-order valence-electron chi connectivity index (χ1n) is 5.49. The molecular weight excluding hydrogens is 188 g/mol. The van der Waals surface area contributed by atoms with Crippen LogP contribution in [0.2, 0.25) is 0 Å². The molecule has 1 heterocycles.